The Hall–Kier alpha value is -1.75. The highest BCUT2D eigenvalue weighted by atomic mass is 79.9. The van der Waals surface area contributed by atoms with Crippen molar-refractivity contribution in [1.82, 2.24) is 4.98 Å². The molecule has 1 aromatic carbocycles. The molecule has 1 aliphatic heterocycles. The molecule has 0 saturated heterocycles. The van der Waals surface area contributed by atoms with Crippen LogP contribution in [0.15, 0.2) is 41.0 Å². The van der Waals surface area contributed by atoms with E-state index < -0.39 is 0 Å². The van der Waals surface area contributed by atoms with Crippen LogP contribution in [0, 0.1) is 0 Å². The molecule has 0 saturated carbocycles. The SMILES string of the molecule is Brc1cccc(CNc2ccc3c(c2)OCO3)n1. The lowest BCUT2D eigenvalue weighted by molar-refractivity contribution is 0.174. The van der Waals surface area contributed by atoms with Crippen molar-refractivity contribution in [3.05, 3.63) is 46.7 Å². The molecule has 92 valence electrons. The first kappa shape index (κ1) is 11.3. The molecule has 18 heavy (non-hydrogen) atoms. The van der Waals surface area contributed by atoms with E-state index in [9.17, 15) is 0 Å². The molecule has 0 radical (unpaired) electrons. The molecule has 1 aliphatic rings. The number of benzene rings is 1. The number of ether oxygens (including phenoxy) is 2. The molecule has 0 amide bonds. The van der Waals surface area contributed by atoms with Gasteiger partial charge in [0.05, 0.1) is 12.2 Å². The lowest BCUT2D eigenvalue weighted by atomic mass is 10.2. The van der Waals surface area contributed by atoms with Gasteiger partial charge in [0.1, 0.15) is 4.60 Å². The Morgan fingerprint density at radius 3 is 2.94 bits per heavy atom. The van der Waals surface area contributed by atoms with Crippen molar-refractivity contribution < 1.29 is 9.47 Å². The molecule has 0 bridgehead atoms. The first-order valence-corrected chi connectivity index (χ1v) is 6.35. The van der Waals surface area contributed by atoms with Gasteiger partial charge in [0.2, 0.25) is 6.79 Å². The lowest BCUT2D eigenvalue weighted by Gasteiger charge is -2.07. The van der Waals surface area contributed by atoms with Crippen LogP contribution in [0.2, 0.25) is 0 Å². The van der Waals surface area contributed by atoms with Crippen molar-refractivity contribution in [2.24, 2.45) is 0 Å². The van der Waals surface area contributed by atoms with E-state index in [2.05, 4.69) is 26.2 Å². The number of anilines is 1. The monoisotopic (exact) mass is 306 g/mol. The van der Waals surface area contributed by atoms with Crippen LogP contribution in [0.3, 0.4) is 0 Å². The summed E-state index contributed by atoms with van der Waals surface area (Å²) in [6.07, 6.45) is 0. The molecule has 2 aromatic rings. The topological polar surface area (TPSA) is 43.4 Å². The standard InChI is InChI=1S/C13H11BrN2O2/c14-13-3-1-2-10(16-13)7-15-9-4-5-11-12(6-9)18-8-17-11/h1-6,15H,7-8H2. The molecule has 3 rings (SSSR count). The van der Waals surface area contributed by atoms with Crippen molar-refractivity contribution in [3.63, 3.8) is 0 Å². The first-order valence-electron chi connectivity index (χ1n) is 5.56. The Labute approximate surface area is 113 Å². The fraction of sp³-hybridized carbons (Fsp3) is 0.154. The van der Waals surface area contributed by atoms with Gasteiger partial charge in [-0.05, 0) is 40.2 Å². The summed E-state index contributed by atoms with van der Waals surface area (Å²) < 4.78 is 11.4. The maximum Gasteiger partial charge on any atom is 0.231 e. The summed E-state index contributed by atoms with van der Waals surface area (Å²) in [5.41, 5.74) is 1.96. The van der Waals surface area contributed by atoms with E-state index in [0.29, 0.717) is 13.3 Å². The van der Waals surface area contributed by atoms with Gasteiger partial charge in [-0.1, -0.05) is 6.07 Å². The second-order valence-electron chi connectivity index (χ2n) is 3.87. The van der Waals surface area contributed by atoms with Crippen LogP contribution >= 0.6 is 15.9 Å². The average Bonchev–Trinajstić information content (AvgIpc) is 2.84. The molecular formula is C13H11BrN2O2. The van der Waals surface area contributed by atoms with Crippen molar-refractivity contribution >= 4 is 21.6 Å². The third-order valence-corrected chi connectivity index (χ3v) is 3.06. The minimum atomic E-state index is 0.298. The maximum absolute atomic E-state index is 5.32. The molecule has 0 fully saturated rings. The fourth-order valence-corrected chi connectivity index (χ4v) is 2.13. The zero-order valence-corrected chi connectivity index (χ0v) is 11.1. The predicted molar refractivity (Wildman–Crippen MR) is 71.8 cm³/mol. The minimum Gasteiger partial charge on any atom is -0.454 e. The van der Waals surface area contributed by atoms with Crippen molar-refractivity contribution in [3.8, 4) is 11.5 Å². The Kier molecular flexibility index (Phi) is 3.06. The number of nitrogens with zero attached hydrogens (tertiary/aromatic N) is 1. The number of hydrogen-bond acceptors (Lipinski definition) is 4. The van der Waals surface area contributed by atoms with Crippen LogP contribution in [-0.4, -0.2) is 11.8 Å². The first-order chi connectivity index (χ1) is 8.81. The van der Waals surface area contributed by atoms with Gasteiger partial charge in [0.15, 0.2) is 11.5 Å². The highest BCUT2D eigenvalue weighted by molar-refractivity contribution is 9.10. The summed E-state index contributed by atoms with van der Waals surface area (Å²) in [6.45, 7) is 0.963. The molecule has 0 unspecified atom stereocenters. The molecule has 0 atom stereocenters. The molecule has 0 spiro atoms. The number of fused-ring (bicyclic) bond motifs is 1. The smallest absolute Gasteiger partial charge is 0.231 e. The summed E-state index contributed by atoms with van der Waals surface area (Å²) in [5.74, 6) is 1.57. The maximum atomic E-state index is 5.32. The average molecular weight is 307 g/mol. The van der Waals surface area contributed by atoms with Crippen LogP contribution in [-0.2, 0) is 6.54 Å². The Morgan fingerprint density at radius 2 is 2.06 bits per heavy atom. The van der Waals surface area contributed by atoms with Crippen molar-refractivity contribution in [2.45, 2.75) is 6.54 Å². The summed E-state index contributed by atoms with van der Waals surface area (Å²) in [4.78, 5) is 4.36. The zero-order chi connectivity index (χ0) is 12.4. The second-order valence-corrected chi connectivity index (χ2v) is 4.69. The molecule has 2 heterocycles. The second kappa shape index (κ2) is 4.86. The number of pyridine rings is 1. The van der Waals surface area contributed by atoms with E-state index in [1.807, 2.05) is 36.4 Å². The molecule has 1 aromatic heterocycles. The third-order valence-electron chi connectivity index (χ3n) is 2.62. The highest BCUT2D eigenvalue weighted by Gasteiger charge is 2.12. The summed E-state index contributed by atoms with van der Waals surface area (Å²) in [6, 6.07) is 11.6. The van der Waals surface area contributed by atoms with Gasteiger partial charge in [0, 0.05) is 11.8 Å². The van der Waals surface area contributed by atoms with Gasteiger partial charge in [-0.25, -0.2) is 4.98 Å². The summed E-state index contributed by atoms with van der Waals surface area (Å²) >= 11 is 3.35. The lowest BCUT2D eigenvalue weighted by Crippen LogP contribution is -2.01. The fourth-order valence-electron chi connectivity index (χ4n) is 1.75. The van der Waals surface area contributed by atoms with Crippen LogP contribution in [0.25, 0.3) is 0 Å². The Bertz CT molecular complexity index is 575. The highest BCUT2D eigenvalue weighted by Crippen LogP contribution is 2.34. The van der Waals surface area contributed by atoms with Gasteiger partial charge in [-0.15, -0.1) is 0 Å². The minimum absolute atomic E-state index is 0.298. The van der Waals surface area contributed by atoms with Gasteiger partial charge in [-0.2, -0.15) is 0 Å². The normalized spacial score (nSPS) is 12.5. The van der Waals surface area contributed by atoms with Gasteiger partial charge < -0.3 is 14.8 Å². The third kappa shape index (κ3) is 2.41. The molecule has 0 aliphatic carbocycles. The number of hydrogen-bond donors (Lipinski definition) is 1. The quantitative estimate of drug-likeness (QED) is 0.885. The van der Waals surface area contributed by atoms with Crippen molar-refractivity contribution in [1.29, 1.82) is 0 Å². The van der Waals surface area contributed by atoms with E-state index in [1.54, 1.807) is 0 Å². The van der Waals surface area contributed by atoms with E-state index in [-0.39, 0.29) is 0 Å². The van der Waals surface area contributed by atoms with E-state index in [4.69, 9.17) is 9.47 Å². The van der Waals surface area contributed by atoms with Crippen LogP contribution in [0.1, 0.15) is 5.69 Å². The Morgan fingerprint density at radius 1 is 1.17 bits per heavy atom. The Balaban J connectivity index is 1.70. The van der Waals surface area contributed by atoms with E-state index >= 15 is 0 Å². The number of nitrogens with one attached hydrogen (secondary N) is 1. The van der Waals surface area contributed by atoms with Crippen molar-refractivity contribution in [2.75, 3.05) is 12.1 Å². The van der Waals surface area contributed by atoms with Gasteiger partial charge in [0.25, 0.3) is 0 Å². The number of aromatic nitrogens is 1. The van der Waals surface area contributed by atoms with E-state index in [1.165, 1.54) is 0 Å². The van der Waals surface area contributed by atoms with Gasteiger partial charge >= 0.3 is 0 Å². The largest absolute Gasteiger partial charge is 0.454 e. The van der Waals surface area contributed by atoms with Crippen LogP contribution < -0.4 is 14.8 Å². The van der Waals surface area contributed by atoms with E-state index in [0.717, 1.165) is 27.5 Å². The summed E-state index contributed by atoms with van der Waals surface area (Å²) in [7, 11) is 0. The van der Waals surface area contributed by atoms with Crippen LogP contribution in [0.5, 0.6) is 11.5 Å². The summed E-state index contributed by atoms with van der Waals surface area (Å²) in [5, 5.41) is 3.30. The van der Waals surface area contributed by atoms with Gasteiger partial charge in [-0.3, -0.25) is 0 Å². The molecular weight excluding hydrogens is 296 g/mol. The molecule has 1 N–H and O–H groups in total. The number of halogens is 1. The number of rotatable bonds is 3. The predicted octanol–water partition coefficient (Wildman–Crippen LogP) is 3.18. The van der Waals surface area contributed by atoms with Crippen LogP contribution in [0.4, 0.5) is 5.69 Å². The molecule has 5 heteroatoms. The molecule has 4 nitrogen and oxygen atoms in total. The zero-order valence-electron chi connectivity index (χ0n) is 9.52.